The van der Waals surface area contributed by atoms with E-state index in [4.69, 9.17) is 0 Å². The van der Waals surface area contributed by atoms with Crippen LogP contribution in [0.5, 0.6) is 0 Å². The average molecular weight is 277 g/mol. The van der Waals surface area contributed by atoms with Crippen LogP contribution in [-0.2, 0) is 13.6 Å². The highest BCUT2D eigenvalue weighted by atomic mass is 16.6. The highest BCUT2D eigenvalue weighted by molar-refractivity contribution is 5.54. The largest absolute Gasteiger partial charge is 0.359 e. The second kappa shape index (κ2) is 5.34. The molecule has 0 aliphatic rings. The monoisotopic (exact) mass is 277 g/mol. The number of nitro groups is 2. The van der Waals surface area contributed by atoms with E-state index in [9.17, 15) is 20.2 Å². The molecule has 0 unspecified atom stereocenters. The molecular weight excluding hydrogens is 266 g/mol. The van der Waals surface area contributed by atoms with E-state index in [2.05, 4.69) is 10.4 Å². The fourth-order valence-corrected chi connectivity index (χ4v) is 1.70. The number of nitro benzene ring substituents is 1. The van der Waals surface area contributed by atoms with Crippen LogP contribution in [-0.4, -0.2) is 19.6 Å². The van der Waals surface area contributed by atoms with Crippen molar-refractivity contribution in [3.8, 4) is 0 Å². The van der Waals surface area contributed by atoms with Gasteiger partial charge in [-0.3, -0.25) is 24.9 Å². The molecule has 0 atom stereocenters. The molecule has 0 aliphatic heterocycles. The SMILES string of the molecule is Cn1cc([N+](=O)[O-])c(NCc2cccc([N+](=O)[O-])c2)n1. The quantitative estimate of drug-likeness (QED) is 0.658. The van der Waals surface area contributed by atoms with Crippen LogP contribution < -0.4 is 5.32 Å². The van der Waals surface area contributed by atoms with E-state index in [1.807, 2.05) is 0 Å². The molecule has 9 heteroatoms. The lowest BCUT2D eigenvalue weighted by molar-refractivity contribution is -0.384. The molecule has 1 heterocycles. The van der Waals surface area contributed by atoms with Crippen molar-refractivity contribution in [2.45, 2.75) is 6.54 Å². The summed E-state index contributed by atoms with van der Waals surface area (Å²) in [5.74, 6) is 0.129. The maximum atomic E-state index is 10.8. The number of anilines is 1. The minimum absolute atomic E-state index is 0.0279. The number of non-ortho nitro benzene ring substituents is 1. The third-order valence-corrected chi connectivity index (χ3v) is 2.59. The van der Waals surface area contributed by atoms with Crippen LogP contribution in [0.2, 0.25) is 0 Å². The molecule has 0 aliphatic carbocycles. The molecular formula is C11H11N5O4. The Morgan fingerprint density at radius 2 is 2.05 bits per heavy atom. The summed E-state index contributed by atoms with van der Waals surface area (Å²) in [5, 5.41) is 28.2. The third-order valence-electron chi connectivity index (χ3n) is 2.59. The highest BCUT2D eigenvalue weighted by Crippen LogP contribution is 2.22. The zero-order chi connectivity index (χ0) is 14.7. The minimum Gasteiger partial charge on any atom is -0.359 e. The molecule has 1 aromatic heterocycles. The number of aryl methyl sites for hydroxylation is 1. The normalized spacial score (nSPS) is 10.2. The summed E-state index contributed by atoms with van der Waals surface area (Å²) in [5.41, 5.74) is 0.469. The number of benzene rings is 1. The molecule has 0 fully saturated rings. The number of nitrogens with zero attached hydrogens (tertiary/aromatic N) is 4. The predicted octanol–water partition coefficient (Wildman–Crippen LogP) is 1.85. The van der Waals surface area contributed by atoms with Gasteiger partial charge in [-0.1, -0.05) is 12.1 Å². The highest BCUT2D eigenvalue weighted by Gasteiger charge is 2.18. The summed E-state index contributed by atoms with van der Waals surface area (Å²) in [6.07, 6.45) is 1.29. The predicted molar refractivity (Wildman–Crippen MR) is 70.3 cm³/mol. The van der Waals surface area contributed by atoms with Crippen molar-refractivity contribution >= 4 is 17.2 Å². The molecule has 0 radical (unpaired) electrons. The maximum Gasteiger partial charge on any atom is 0.330 e. The Kier molecular flexibility index (Phi) is 3.60. The van der Waals surface area contributed by atoms with Gasteiger partial charge in [0.25, 0.3) is 5.69 Å². The van der Waals surface area contributed by atoms with Gasteiger partial charge in [0, 0.05) is 25.7 Å². The van der Waals surface area contributed by atoms with E-state index in [0.717, 1.165) is 0 Å². The second-order valence-electron chi connectivity index (χ2n) is 4.07. The van der Waals surface area contributed by atoms with Gasteiger partial charge in [0.2, 0.25) is 5.82 Å². The molecule has 1 aromatic carbocycles. The smallest absolute Gasteiger partial charge is 0.330 e. The first-order valence-corrected chi connectivity index (χ1v) is 5.62. The lowest BCUT2D eigenvalue weighted by atomic mass is 10.2. The van der Waals surface area contributed by atoms with Gasteiger partial charge in [-0.25, -0.2) is 0 Å². The summed E-state index contributed by atoms with van der Waals surface area (Å²) in [7, 11) is 1.57. The van der Waals surface area contributed by atoms with Gasteiger partial charge >= 0.3 is 5.69 Å². The van der Waals surface area contributed by atoms with E-state index in [1.54, 1.807) is 19.2 Å². The first-order chi connectivity index (χ1) is 9.47. The Morgan fingerprint density at radius 3 is 2.70 bits per heavy atom. The summed E-state index contributed by atoms with van der Waals surface area (Å²) in [4.78, 5) is 20.4. The van der Waals surface area contributed by atoms with E-state index in [-0.39, 0.29) is 23.7 Å². The first-order valence-electron chi connectivity index (χ1n) is 5.62. The van der Waals surface area contributed by atoms with Crippen LogP contribution >= 0.6 is 0 Å². The summed E-state index contributed by atoms with van der Waals surface area (Å²) >= 11 is 0. The van der Waals surface area contributed by atoms with Gasteiger partial charge in [-0.15, -0.1) is 5.10 Å². The zero-order valence-electron chi connectivity index (χ0n) is 10.5. The zero-order valence-corrected chi connectivity index (χ0v) is 10.5. The maximum absolute atomic E-state index is 10.8. The Morgan fingerprint density at radius 1 is 1.30 bits per heavy atom. The summed E-state index contributed by atoms with van der Waals surface area (Å²) < 4.78 is 1.33. The van der Waals surface area contributed by atoms with Crippen molar-refractivity contribution in [1.82, 2.24) is 9.78 Å². The van der Waals surface area contributed by atoms with Crippen molar-refractivity contribution in [1.29, 1.82) is 0 Å². The molecule has 1 N–H and O–H groups in total. The molecule has 20 heavy (non-hydrogen) atoms. The van der Waals surface area contributed by atoms with E-state index < -0.39 is 9.85 Å². The summed E-state index contributed by atoms with van der Waals surface area (Å²) in [6, 6.07) is 6.03. The fraction of sp³-hybridized carbons (Fsp3) is 0.182. The number of rotatable bonds is 5. The van der Waals surface area contributed by atoms with Gasteiger partial charge in [0.05, 0.1) is 9.85 Å². The van der Waals surface area contributed by atoms with Crippen molar-refractivity contribution in [3.05, 3.63) is 56.3 Å². The fourth-order valence-electron chi connectivity index (χ4n) is 1.70. The van der Waals surface area contributed by atoms with Gasteiger partial charge in [0.1, 0.15) is 6.20 Å². The van der Waals surface area contributed by atoms with Gasteiger partial charge < -0.3 is 5.32 Å². The number of nitrogens with one attached hydrogen (secondary N) is 1. The molecule has 0 amide bonds. The second-order valence-corrected chi connectivity index (χ2v) is 4.07. The molecule has 104 valence electrons. The average Bonchev–Trinajstić information content (AvgIpc) is 2.78. The van der Waals surface area contributed by atoms with E-state index in [1.165, 1.54) is 23.0 Å². The van der Waals surface area contributed by atoms with Crippen molar-refractivity contribution < 1.29 is 9.85 Å². The summed E-state index contributed by atoms with van der Waals surface area (Å²) in [6.45, 7) is 0.208. The van der Waals surface area contributed by atoms with E-state index >= 15 is 0 Å². The lowest BCUT2D eigenvalue weighted by Crippen LogP contribution is -2.03. The molecule has 2 rings (SSSR count). The van der Waals surface area contributed by atoms with Gasteiger partial charge in [0.15, 0.2) is 0 Å². The van der Waals surface area contributed by atoms with Crippen LogP contribution in [0.15, 0.2) is 30.5 Å². The molecule has 0 saturated carbocycles. The lowest BCUT2D eigenvalue weighted by Gasteiger charge is -2.03. The van der Waals surface area contributed by atoms with Crippen LogP contribution in [0.25, 0.3) is 0 Å². The molecule has 2 aromatic rings. The molecule has 0 bridgehead atoms. The van der Waals surface area contributed by atoms with Crippen molar-refractivity contribution in [2.75, 3.05) is 5.32 Å². The van der Waals surface area contributed by atoms with Crippen molar-refractivity contribution in [2.24, 2.45) is 7.05 Å². The van der Waals surface area contributed by atoms with Gasteiger partial charge in [-0.05, 0) is 5.56 Å². The Hall–Kier alpha value is -2.97. The molecule has 0 saturated heterocycles. The number of aromatic nitrogens is 2. The van der Waals surface area contributed by atoms with E-state index in [0.29, 0.717) is 5.56 Å². The van der Waals surface area contributed by atoms with Crippen LogP contribution in [0.3, 0.4) is 0 Å². The Balaban J connectivity index is 2.15. The third kappa shape index (κ3) is 2.88. The first kappa shape index (κ1) is 13.5. The van der Waals surface area contributed by atoms with Gasteiger partial charge in [-0.2, -0.15) is 0 Å². The van der Waals surface area contributed by atoms with Crippen molar-refractivity contribution in [3.63, 3.8) is 0 Å². The standard InChI is InChI=1S/C11H11N5O4/c1-14-7-10(16(19)20)11(13-14)12-6-8-3-2-4-9(5-8)15(17)18/h2-5,7H,6H2,1H3,(H,12,13). The molecule has 9 nitrogen and oxygen atoms in total. The Labute approximate surface area is 113 Å². The molecule has 0 spiro atoms. The van der Waals surface area contributed by atoms with Crippen LogP contribution in [0.1, 0.15) is 5.56 Å². The Bertz CT molecular complexity index is 667. The van der Waals surface area contributed by atoms with Crippen LogP contribution in [0, 0.1) is 20.2 Å². The topological polar surface area (TPSA) is 116 Å². The number of hydrogen-bond donors (Lipinski definition) is 1. The van der Waals surface area contributed by atoms with Crippen LogP contribution in [0.4, 0.5) is 17.2 Å². The minimum atomic E-state index is -0.539. The number of hydrogen-bond acceptors (Lipinski definition) is 6.